The van der Waals surface area contributed by atoms with E-state index in [2.05, 4.69) is 21.9 Å². The van der Waals surface area contributed by atoms with Crippen molar-refractivity contribution in [1.82, 2.24) is 9.97 Å². The van der Waals surface area contributed by atoms with Crippen LogP contribution in [-0.4, -0.2) is 15.9 Å². The highest BCUT2D eigenvalue weighted by Gasteiger charge is 2.16. The van der Waals surface area contributed by atoms with Crippen LogP contribution in [0.4, 0.5) is 28.6 Å². The number of hydrogen-bond donors (Lipinski definition) is 2. The highest BCUT2D eigenvalue weighted by atomic mass is 16.1. The molecule has 0 aliphatic carbocycles. The molecule has 4 aromatic rings. The first kappa shape index (κ1) is 19.8. The number of hydrogen-bond acceptors (Lipinski definition) is 5. The van der Waals surface area contributed by atoms with Gasteiger partial charge >= 0.3 is 0 Å². The van der Waals surface area contributed by atoms with Crippen LogP contribution in [0.3, 0.4) is 0 Å². The largest absolute Gasteiger partial charge is 0.399 e. The molecule has 152 valence electrons. The fourth-order valence-corrected chi connectivity index (χ4v) is 3.21. The number of aromatic nitrogens is 2. The zero-order chi connectivity index (χ0) is 21.6. The van der Waals surface area contributed by atoms with E-state index in [1.165, 1.54) is 6.33 Å². The van der Waals surface area contributed by atoms with Crippen molar-refractivity contribution in [1.29, 1.82) is 0 Å². The number of nitrogens with zero attached hydrogens (tertiary/aromatic N) is 3. The van der Waals surface area contributed by atoms with Crippen LogP contribution in [0.15, 0.2) is 98.0 Å². The lowest BCUT2D eigenvalue weighted by molar-refractivity contribution is 0.102. The van der Waals surface area contributed by atoms with Crippen molar-refractivity contribution in [3.05, 3.63) is 109 Å². The van der Waals surface area contributed by atoms with Gasteiger partial charge in [-0.15, -0.1) is 0 Å². The third-order valence-electron chi connectivity index (χ3n) is 4.75. The summed E-state index contributed by atoms with van der Waals surface area (Å²) in [6, 6.07) is 24.2. The molecule has 0 bridgehead atoms. The van der Waals surface area contributed by atoms with Gasteiger partial charge in [0.2, 0.25) is 0 Å². The molecular formula is C25H21N5O. The smallest absolute Gasteiger partial charge is 0.255 e. The molecule has 0 saturated heterocycles. The SMILES string of the molecule is C=Cc1ccccc1N(c1ccc(NC(=O)c2ccc(N)cc2)cc1)c1ccncn1. The summed E-state index contributed by atoms with van der Waals surface area (Å²) >= 11 is 0. The predicted octanol–water partition coefficient (Wildman–Crippen LogP) is 5.42. The number of carbonyl (C=O) groups excluding carboxylic acids is 1. The predicted molar refractivity (Wildman–Crippen MR) is 126 cm³/mol. The van der Waals surface area contributed by atoms with E-state index >= 15 is 0 Å². The van der Waals surface area contributed by atoms with Gasteiger partial charge in [0.1, 0.15) is 12.1 Å². The number of nitrogens with two attached hydrogens (primary N) is 1. The molecule has 0 saturated carbocycles. The Bertz CT molecular complexity index is 1190. The number of para-hydroxylation sites is 1. The van der Waals surface area contributed by atoms with Crippen LogP contribution in [0.2, 0.25) is 0 Å². The maximum atomic E-state index is 12.5. The van der Waals surface area contributed by atoms with Gasteiger partial charge in [-0.3, -0.25) is 9.69 Å². The van der Waals surface area contributed by atoms with E-state index in [0.717, 1.165) is 22.8 Å². The van der Waals surface area contributed by atoms with Crippen molar-refractivity contribution in [3.8, 4) is 0 Å². The number of nitrogens with one attached hydrogen (secondary N) is 1. The zero-order valence-corrected chi connectivity index (χ0v) is 16.8. The normalized spacial score (nSPS) is 10.3. The fraction of sp³-hybridized carbons (Fsp3) is 0. The molecule has 31 heavy (non-hydrogen) atoms. The van der Waals surface area contributed by atoms with E-state index in [9.17, 15) is 4.79 Å². The summed E-state index contributed by atoms with van der Waals surface area (Å²) in [5.41, 5.74) is 10.3. The van der Waals surface area contributed by atoms with Gasteiger partial charge in [-0.1, -0.05) is 30.9 Å². The molecule has 0 unspecified atom stereocenters. The van der Waals surface area contributed by atoms with Crippen molar-refractivity contribution in [2.45, 2.75) is 0 Å². The molecule has 4 rings (SSSR count). The second-order valence-electron chi connectivity index (χ2n) is 6.79. The Balaban J connectivity index is 1.65. The average molecular weight is 407 g/mol. The van der Waals surface area contributed by atoms with E-state index in [1.807, 2.05) is 65.6 Å². The molecule has 3 aromatic carbocycles. The molecule has 6 heteroatoms. The lowest BCUT2D eigenvalue weighted by atomic mass is 10.1. The Morgan fingerprint density at radius 2 is 1.71 bits per heavy atom. The van der Waals surface area contributed by atoms with E-state index < -0.39 is 0 Å². The number of rotatable bonds is 6. The highest BCUT2D eigenvalue weighted by molar-refractivity contribution is 6.04. The summed E-state index contributed by atoms with van der Waals surface area (Å²) in [7, 11) is 0. The summed E-state index contributed by atoms with van der Waals surface area (Å²) in [5.74, 6) is 0.528. The quantitative estimate of drug-likeness (QED) is 0.417. The maximum absolute atomic E-state index is 12.5. The van der Waals surface area contributed by atoms with Crippen molar-refractivity contribution in [2.24, 2.45) is 0 Å². The van der Waals surface area contributed by atoms with Crippen molar-refractivity contribution in [3.63, 3.8) is 0 Å². The van der Waals surface area contributed by atoms with Gasteiger partial charge in [-0.05, 0) is 66.2 Å². The van der Waals surface area contributed by atoms with Crippen LogP contribution in [0.1, 0.15) is 15.9 Å². The molecule has 1 amide bonds. The standard InChI is InChI=1S/C25H21N5O/c1-2-18-5-3-4-6-23(18)30(24-15-16-27-17-28-24)22-13-11-21(12-14-22)29-25(31)19-7-9-20(26)10-8-19/h2-17H,1,26H2,(H,29,31). The monoisotopic (exact) mass is 407 g/mol. The minimum atomic E-state index is -0.197. The molecule has 0 fully saturated rings. The first-order valence-electron chi connectivity index (χ1n) is 9.70. The third kappa shape index (κ3) is 4.43. The Labute approximate surface area is 180 Å². The fourth-order valence-electron chi connectivity index (χ4n) is 3.21. The van der Waals surface area contributed by atoms with Gasteiger partial charge in [0.25, 0.3) is 5.91 Å². The zero-order valence-electron chi connectivity index (χ0n) is 16.8. The van der Waals surface area contributed by atoms with Crippen LogP contribution in [0, 0.1) is 0 Å². The van der Waals surface area contributed by atoms with Crippen LogP contribution in [0.5, 0.6) is 0 Å². The maximum Gasteiger partial charge on any atom is 0.255 e. The summed E-state index contributed by atoms with van der Waals surface area (Å²) < 4.78 is 0. The average Bonchev–Trinajstić information content (AvgIpc) is 2.82. The lowest BCUT2D eigenvalue weighted by Gasteiger charge is -2.25. The molecule has 0 spiro atoms. The highest BCUT2D eigenvalue weighted by Crippen LogP contribution is 2.36. The Morgan fingerprint density at radius 3 is 2.39 bits per heavy atom. The molecule has 0 aliphatic heterocycles. The number of anilines is 5. The second-order valence-corrected chi connectivity index (χ2v) is 6.79. The topological polar surface area (TPSA) is 84.1 Å². The summed E-state index contributed by atoms with van der Waals surface area (Å²) in [4.78, 5) is 22.9. The van der Waals surface area contributed by atoms with Crippen LogP contribution in [-0.2, 0) is 0 Å². The van der Waals surface area contributed by atoms with Gasteiger partial charge in [0.05, 0.1) is 5.69 Å². The minimum Gasteiger partial charge on any atom is -0.399 e. The molecule has 0 radical (unpaired) electrons. The van der Waals surface area contributed by atoms with E-state index in [1.54, 1.807) is 30.5 Å². The van der Waals surface area contributed by atoms with E-state index in [4.69, 9.17) is 5.73 Å². The lowest BCUT2D eigenvalue weighted by Crippen LogP contribution is -2.14. The Kier molecular flexibility index (Phi) is 5.71. The van der Waals surface area contributed by atoms with Crippen LogP contribution < -0.4 is 16.0 Å². The van der Waals surface area contributed by atoms with Crippen molar-refractivity contribution < 1.29 is 4.79 Å². The van der Waals surface area contributed by atoms with Gasteiger partial charge < -0.3 is 11.1 Å². The van der Waals surface area contributed by atoms with Crippen LogP contribution >= 0.6 is 0 Å². The Hall–Kier alpha value is -4.45. The summed E-state index contributed by atoms with van der Waals surface area (Å²) in [5, 5.41) is 2.91. The molecule has 1 heterocycles. The Morgan fingerprint density at radius 1 is 0.968 bits per heavy atom. The number of nitrogen functional groups attached to an aromatic ring is 1. The molecule has 6 nitrogen and oxygen atoms in total. The van der Waals surface area contributed by atoms with E-state index in [0.29, 0.717) is 16.9 Å². The van der Waals surface area contributed by atoms with Gasteiger partial charge in [0, 0.05) is 28.8 Å². The van der Waals surface area contributed by atoms with Gasteiger partial charge in [-0.25, -0.2) is 9.97 Å². The number of benzene rings is 3. The van der Waals surface area contributed by atoms with Crippen LogP contribution in [0.25, 0.3) is 6.08 Å². The summed E-state index contributed by atoms with van der Waals surface area (Å²) in [6.45, 7) is 3.93. The van der Waals surface area contributed by atoms with Gasteiger partial charge in [0.15, 0.2) is 0 Å². The number of amides is 1. The van der Waals surface area contributed by atoms with Gasteiger partial charge in [-0.2, -0.15) is 0 Å². The van der Waals surface area contributed by atoms with E-state index in [-0.39, 0.29) is 5.91 Å². The van der Waals surface area contributed by atoms with Crippen molar-refractivity contribution in [2.75, 3.05) is 16.0 Å². The first-order valence-corrected chi connectivity index (χ1v) is 9.70. The minimum absolute atomic E-state index is 0.197. The van der Waals surface area contributed by atoms with Crippen molar-refractivity contribution >= 4 is 40.6 Å². The molecule has 0 aliphatic rings. The number of carbonyl (C=O) groups is 1. The first-order chi connectivity index (χ1) is 15.2. The second kappa shape index (κ2) is 8.92. The third-order valence-corrected chi connectivity index (χ3v) is 4.75. The molecule has 0 atom stereocenters. The molecule has 3 N–H and O–H groups in total. The summed E-state index contributed by atoms with van der Waals surface area (Å²) in [6.07, 6.45) is 5.03. The molecule has 1 aromatic heterocycles. The molecular weight excluding hydrogens is 386 g/mol.